The van der Waals surface area contributed by atoms with Gasteiger partial charge in [0.1, 0.15) is 0 Å². The quantitative estimate of drug-likeness (QED) is 0.856. The lowest BCUT2D eigenvalue weighted by atomic mass is 9.88. The first kappa shape index (κ1) is 17.1. The second-order valence-electron chi connectivity index (χ2n) is 6.08. The van der Waals surface area contributed by atoms with Gasteiger partial charge in [0.25, 0.3) is 0 Å². The van der Waals surface area contributed by atoms with Crippen LogP contribution in [0, 0.1) is 5.92 Å². The highest BCUT2D eigenvalue weighted by Gasteiger charge is 2.39. The molecular weight excluding hydrogens is 302 g/mol. The molecule has 2 aliphatic rings. The van der Waals surface area contributed by atoms with Crippen LogP contribution in [0.2, 0.25) is 0 Å². The number of carbonyl (C=O) groups excluding carboxylic acids is 1. The van der Waals surface area contributed by atoms with Crippen LogP contribution in [0.3, 0.4) is 0 Å². The first-order chi connectivity index (χ1) is 10.2. The van der Waals surface area contributed by atoms with Crippen molar-refractivity contribution in [3.63, 3.8) is 0 Å². The molecule has 1 aromatic rings. The van der Waals surface area contributed by atoms with Crippen LogP contribution in [-0.2, 0) is 6.42 Å². The molecule has 1 aliphatic carbocycles. The normalized spacial score (nSPS) is 24.6. The van der Waals surface area contributed by atoms with E-state index in [4.69, 9.17) is 9.47 Å². The minimum Gasteiger partial charge on any atom is -0.493 e. The summed E-state index contributed by atoms with van der Waals surface area (Å²) in [6.07, 6.45) is 4.41. The highest BCUT2D eigenvalue weighted by Crippen LogP contribution is 2.39. The largest absolute Gasteiger partial charge is 0.493 e. The Morgan fingerprint density at radius 3 is 2.45 bits per heavy atom. The summed E-state index contributed by atoms with van der Waals surface area (Å²) in [6, 6.07) is 4.18. The molecule has 1 aliphatic heterocycles. The van der Waals surface area contributed by atoms with Gasteiger partial charge in [-0.25, -0.2) is 0 Å². The number of ether oxygens (including phenoxy) is 2. The van der Waals surface area contributed by atoms with Crippen molar-refractivity contribution in [1.29, 1.82) is 0 Å². The number of hydrogen-bond acceptors (Lipinski definition) is 4. The molecule has 1 aromatic carbocycles. The number of piperidine rings is 1. The van der Waals surface area contributed by atoms with Crippen molar-refractivity contribution in [1.82, 2.24) is 4.90 Å². The molecule has 0 saturated carbocycles. The molecule has 1 saturated heterocycles. The van der Waals surface area contributed by atoms with Gasteiger partial charge in [0, 0.05) is 17.5 Å². The van der Waals surface area contributed by atoms with Crippen molar-refractivity contribution in [2.24, 2.45) is 5.92 Å². The Labute approximate surface area is 138 Å². The third kappa shape index (κ3) is 2.82. The van der Waals surface area contributed by atoms with Gasteiger partial charge in [0.15, 0.2) is 17.3 Å². The summed E-state index contributed by atoms with van der Waals surface area (Å²) < 4.78 is 10.7. The van der Waals surface area contributed by atoms with Gasteiger partial charge in [0.2, 0.25) is 0 Å². The van der Waals surface area contributed by atoms with Crippen LogP contribution in [0.1, 0.15) is 35.2 Å². The van der Waals surface area contributed by atoms with E-state index in [1.54, 1.807) is 14.2 Å². The van der Waals surface area contributed by atoms with E-state index >= 15 is 0 Å². The smallest absolute Gasteiger partial charge is 0.168 e. The molecule has 0 radical (unpaired) electrons. The van der Waals surface area contributed by atoms with Gasteiger partial charge in [-0.1, -0.05) is 6.42 Å². The summed E-state index contributed by atoms with van der Waals surface area (Å²) in [5.74, 6) is 1.70. The maximum absolute atomic E-state index is 12.8. The lowest BCUT2D eigenvalue weighted by Gasteiger charge is -2.35. The summed E-state index contributed by atoms with van der Waals surface area (Å²) >= 11 is 0. The number of nitrogens with zero attached hydrogens (tertiary/aromatic N) is 1. The second kappa shape index (κ2) is 6.88. The van der Waals surface area contributed by atoms with E-state index in [0.29, 0.717) is 17.5 Å². The van der Waals surface area contributed by atoms with Crippen LogP contribution in [0.5, 0.6) is 11.5 Å². The van der Waals surface area contributed by atoms with Crippen LogP contribution in [0.4, 0.5) is 0 Å². The summed E-state index contributed by atoms with van der Waals surface area (Å²) in [4.78, 5) is 15.1. The first-order valence-electron chi connectivity index (χ1n) is 7.65. The summed E-state index contributed by atoms with van der Waals surface area (Å²) in [5.41, 5.74) is 1.92. The zero-order valence-corrected chi connectivity index (χ0v) is 14.2. The third-order valence-electron chi connectivity index (χ3n) is 4.94. The van der Waals surface area contributed by atoms with E-state index < -0.39 is 0 Å². The van der Waals surface area contributed by atoms with E-state index in [2.05, 4.69) is 11.9 Å². The summed E-state index contributed by atoms with van der Waals surface area (Å²) in [7, 11) is 5.38. The minimum absolute atomic E-state index is 0. The Kier molecular flexibility index (Phi) is 5.35. The van der Waals surface area contributed by atoms with E-state index in [0.717, 1.165) is 30.5 Å². The third-order valence-corrected chi connectivity index (χ3v) is 4.94. The molecule has 0 bridgehead atoms. The van der Waals surface area contributed by atoms with Gasteiger partial charge >= 0.3 is 0 Å². The van der Waals surface area contributed by atoms with Gasteiger partial charge in [-0.15, -0.1) is 12.4 Å². The molecule has 0 aromatic heterocycles. The Morgan fingerprint density at radius 2 is 1.82 bits per heavy atom. The predicted octanol–water partition coefficient (Wildman–Crippen LogP) is 2.96. The van der Waals surface area contributed by atoms with Crippen LogP contribution in [0.25, 0.3) is 0 Å². The van der Waals surface area contributed by atoms with Crippen LogP contribution in [-0.4, -0.2) is 44.5 Å². The van der Waals surface area contributed by atoms with E-state index in [1.165, 1.54) is 12.8 Å². The van der Waals surface area contributed by atoms with Crippen molar-refractivity contribution in [2.75, 3.05) is 27.8 Å². The average Bonchev–Trinajstić information content (AvgIpc) is 2.82. The number of fused-ring (bicyclic) bond motifs is 1. The maximum atomic E-state index is 12.8. The highest BCUT2D eigenvalue weighted by atomic mass is 35.5. The average molecular weight is 326 g/mol. The monoisotopic (exact) mass is 325 g/mol. The molecular formula is C17H24ClNO3. The molecule has 0 N–H and O–H groups in total. The lowest BCUT2D eigenvalue weighted by Crippen LogP contribution is -2.43. The number of benzene rings is 1. The van der Waals surface area contributed by atoms with Gasteiger partial charge in [-0.2, -0.15) is 0 Å². The van der Waals surface area contributed by atoms with Crippen molar-refractivity contribution in [2.45, 2.75) is 31.7 Å². The fourth-order valence-corrected chi connectivity index (χ4v) is 3.77. The molecule has 2 unspecified atom stereocenters. The number of likely N-dealkylation sites (tertiary alicyclic amines) is 1. The number of hydrogen-bond donors (Lipinski definition) is 0. The van der Waals surface area contributed by atoms with Crippen molar-refractivity contribution >= 4 is 18.2 Å². The zero-order valence-electron chi connectivity index (χ0n) is 13.4. The fraction of sp³-hybridized carbons (Fsp3) is 0.588. The van der Waals surface area contributed by atoms with E-state index in [9.17, 15) is 4.79 Å². The standard InChI is InChI=1S/C17H23NO3.ClH/c1-18-7-5-4-6-14(18)13-8-11-9-15(20-2)16(21-3)10-12(11)17(13)19;/h9-10,13-14H,4-8H2,1-3H3;1H. The van der Waals surface area contributed by atoms with Gasteiger partial charge in [0.05, 0.1) is 14.2 Å². The maximum Gasteiger partial charge on any atom is 0.168 e. The van der Waals surface area contributed by atoms with Crippen LogP contribution in [0.15, 0.2) is 12.1 Å². The Balaban J connectivity index is 0.00000176. The number of ketones is 1. The Morgan fingerprint density at radius 1 is 1.14 bits per heavy atom. The molecule has 5 heteroatoms. The van der Waals surface area contributed by atoms with E-state index in [1.807, 2.05) is 12.1 Å². The molecule has 0 amide bonds. The summed E-state index contributed by atoms with van der Waals surface area (Å²) in [6.45, 7) is 1.09. The topological polar surface area (TPSA) is 38.8 Å². The molecule has 1 fully saturated rings. The second-order valence-corrected chi connectivity index (χ2v) is 6.08. The van der Waals surface area contributed by atoms with Gasteiger partial charge in [-0.3, -0.25) is 4.79 Å². The van der Waals surface area contributed by atoms with E-state index in [-0.39, 0.29) is 24.1 Å². The zero-order chi connectivity index (χ0) is 15.0. The minimum atomic E-state index is 0. The number of carbonyl (C=O) groups is 1. The number of methoxy groups -OCH3 is 2. The molecule has 22 heavy (non-hydrogen) atoms. The number of Topliss-reactive ketones (excluding diaryl/α,β-unsaturated/α-hetero) is 1. The molecule has 1 heterocycles. The van der Waals surface area contributed by atoms with Crippen LogP contribution >= 0.6 is 12.4 Å². The highest BCUT2D eigenvalue weighted by molar-refractivity contribution is 6.03. The van der Waals surface area contributed by atoms with Crippen molar-refractivity contribution < 1.29 is 14.3 Å². The Bertz CT molecular complexity index is 561. The molecule has 122 valence electrons. The lowest BCUT2D eigenvalue weighted by molar-refractivity contribution is 0.0775. The van der Waals surface area contributed by atoms with Crippen molar-refractivity contribution in [3.05, 3.63) is 23.3 Å². The van der Waals surface area contributed by atoms with Crippen LogP contribution < -0.4 is 9.47 Å². The van der Waals surface area contributed by atoms with Crippen molar-refractivity contribution in [3.8, 4) is 11.5 Å². The predicted molar refractivity (Wildman–Crippen MR) is 88.6 cm³/mol. The molecule has 3 rings (SSSR count). The fourth-order valence-electron chi connectivity index (χ4n) is 3.77. The number of halogens is 1. The van der Waals surface area contributed by atoms with Gasteiger partial charge in [-0.05, 0) is 50.6 Å². The summed E-state index contributed by atoms with van der Waals surface area (Å²) in [5, 5.41) is 0. The molecule has 4 nitrogen and oxygen atoms in total. The molecule has 2 atom stereocenters. The van der Waals surface area contributed by atoms with Gasteiger partial charge < -0.3 is 14.4 Å². The SMILES string of the molecule is COc1cc2c(cc1OC)C(=O)C(C1CCCCN1C)C2.Cl. The number of rotatable bonds is 3. The Hall–Kier alpha value is -1.26. The first-order valence-corrected chi connectivity index (χ1v) is 7.65. The molecule has 0 spiro atoms.